The zero-order chi connectivity index (χ0) is 19.2. The molecule has 1 heterocycles. The number of nitrogens with one attached hydrogen (secondary N) is 2. The molecular formula is C20H19FN4O2. The van der Waals surface area contributed by atoms with Crippen LogP contribution in [0.15, 0.2) is 60.9 Å². The number of aromatic nitrogens is 2. The van der Waals surface area contributed by atoms with Gasteiger partial charge in [-0.25, -0.2) is 14.4 Å². The van der Waals surface area contributed by atoms with Gasteiger partial charge in [0.2, 0.25) is 5.95 Å². The molecule has 2 aromatic carbocycles. The molecule has 0 aliphatic rings. The van der Waals surface area contributed by atoms with Gasteiger partial charge in [0, 0.05) is 12.4 Å². The monoisotopic (exact) mass is 366 g/mol. The molecule has 0 saturated carbocycles. The second-order valence-corrected chi connectivity index (χ2v) is 6.02. The van der Waals surface area contributed by atoms with E-state index in [1.807, 2.05) is 38.1 Å². The van der Waals surface area contributed by atoms with Crippen LogP contribution in [0.5, 0.6) is 5.75 Å². The third kappa shape index (κ3) is 4.78. The van der Waals surface area contributed by atoms with Crippen molar-refractivity contribution in [2.24, 2.45) is 0 Å². The molecule has 27 heavy (non-hydrogen) atoms. The van der Waals surface area contributed by atoms with E-state index < -0.39 is 11.7 Å². The fourth-order valence-corrected chi connectivity index (χ4v) is 2.31. The van der Waals surface area contributed by atoms with Crippen LogP contribution in [0, 0.1) is 5.82 Å². The minimum Gasteiger partial charge on any atom is -0.489 e. The lowest BCUT2D eigenvalue weighted by Gasteiger charge is -2.14. The molecule has 0 unspecified atom stereocenters. The number of hydrogen-bond donors (Lipinski definition) is 2. The zero-order valence-corrected chi connectivity index (χ0v) is 14.9. The summed E-state index contributed by atoms with van der Waals surface area (Å²) < 4.78 is 19.4. The fourth-order valence-electron chi connectivity index (χ4n) is 2.31. The van der Waals surface area contributed by atoms with Gasteiger partial charge >= 0.3 is 0 Å². The summed E-state index contributed by atoms with van der Waals surface area (Å²) in [6.45, 7) is 3.88. The predicted molar refractivity (Wildman–Crippen MR) is 102 cm³/mol. The van der Waals surface area contributed by atoms with E-state index in [4.69, 9.17) is 4.74 Å². The Bertz CT molecular complexity index is 929. The van der Waals surface area contributed by atoms with E-state index >= 15 is 0 Å². The molecule has 3 aromatic rings. The maximum Gasteiger partial charge on any atom is 0.258 e. The van der Waals surface area contributed by atoms with Crippen LogP contribution in [-0.2, 0) is 0 Å². The number of hydrogen-bond acceptors (Lipinski definition) is 5. The van der Waals surface area contributed by atoms with Gasteiger partial charge < -0.3 is 15.4 Å². The van der Waals surface area contributed by atoms with E-state index in [0.29, 0.717) is 11.7 Å². The highest BCUT2D eigenvalue weighted by Gasteiger charge is 2.11. The van der Waals surface area contributed by atoms with Crippen LogP contribution in [0.2, 0.25) is 0 Å². The number of rotatable bonds is 6. The highest BCUT2D eigenvalue weighted by Crippen LogP contribution is 2.27. The second kappa shape index (κ2) is 8.27. The molecule has 1 aromatic heterocycles. The first kappa shape index (κ1) is 18.3. The largest absolute Gasteiger partial charge is 0.489 e. The van der Waals surface area contributed by atoms with Gasteiger partial charge in [0.05, 0.1) is 23.0 Å². The number of benzene rings is 2. The molecule has 1 amide bonds. The van der Waals surface area contributed by atoms with Crippen LogP contribution in [-0.4, -0.2) is 22.0 Å². The van der Waals surface area contributed by atoms with E-state index in [1.54, 1.807) is 12.1 Å². The molecule has 0 saturated heterocycles. The topological polar surface area (TPSA) is 76.1 Å². The fraction of sp³-hybridized carbons (Fsp3) is 0.150. The van der Waals surface area contributed by atoms with E-state index in [0.717, 1.165) is 5.69 Å². The zero-order valence-electron chi connectivity index (χ0n) is 14.9. The summed E-state index contributed by atoms with van der Waals surface area (Å²) in [6, 6.07) is 13.4. The number of ether oxygens (including phenoxy) is 1. The standard InChI is InChI=1S/C20H19FN4O2/c1-13(2)27-18-10-6-5-9-17(18)25-20-22-11-14(12-23-20)19(26)24-16-8-4-3-7-15(16)21/h3-13H,1-2H3,(H,24,26)(H,22,23,25). The highest BCUT2D eigenvalue weighted by molar-refractivity contribution is 6.03. The van der Waals surface area contributed by atoms with Crippen molar-refractivity contribution >= 4 is 23.2 Å². The van der Waals surface area contributed by atoms with Crippen LogP contribution in [0.3, 0.4) is 0 Å². The van der Waals surface area contributed by atoms with E-state index in [2.05, 4.69) is 20.6 Å². The van der Waals surface area contributed by atoms with Crippen molar-refractivity contribution in [3.8, 4) is 5.75 Å². The maximum absolute atomic E-state index is 13.6. The average Bonchev–Trinajstić information content (AvgIpc) is 2.65. The van der Waals surface area contributed by atoms with Gasteiger partial charge in [0.1, 0.15) is 11.6 Å². The van der Waals surface area contributed by atoms with E-state index in [9.17, 15) is 9.18 Å². The Morgan fingerprint density at radius 2 is 1.63 bits per heavy atom. The van der Waals surface area contributed by atoms with Crippen molar-refractivity contribution in [1.29, 1.82) is 0 Å². The number of nitrogens with zero attached hydrogens (tertiary/aromatic N) is 2. The smallest absolute Gasteiger partial charge is 0.258 e. The van der Waals surface area contributed by atoms with Crippen molar-refractivity contribution in [1.82, 2.24) is 9.97 Å². The van der Waals surface area contributed by atoms with Gasteiger partial charge in [0.25, 0.3) is 5.91 Å². The Balaban J connectivity index is 1.71. The number of halogens is 1. The SMILES string of the molecule is CC(C)Oc1ccccc1Nc1ncc(C(=O)Nc2ccccc2F)cn1. The highest BCUT2D eigenvalue weighted by atomic mass is 19.1. The normalized spacial score (nSPS) is 10.5. The lowest BCUT2D eigenvalue weighted by atomic mass is 10.2. The van der Waals surface area contributed by atoms with Crippen LogP contribution in [0.1, 0.15) is 24.2 Å². The summed E-state index contributed by atoms with van der Waals surface area (Å²) in [6.07, 6.45) is 2.77. The minimum atomic E-state index is -0.508. The van der Waals surface area contributed by atoms with Crippen LogP contribution < -0.4 is 15.4 Å². The summed E-state index contributed by atoms with van der Waals surface area (Å²) in [5.74, 6) is -0.00303. The van der Waals surface area contributed by atoms with Gasteiger partial charge in [-0.1, -0.05) is 24.3 Å². The minimum absolute atomic E-state index is 0.0262. The third-order valence-corrected chi connectivity index (χ3v) is 3.53. The van der Waals surface area contributed by atoms with Gasteiger partial charge in [0.15, 0.2) is 0 Å². The quantitative estimate of drug-likeness (QED) is 0.676. The van der Waals surface area contributed by atoms with Crippen molar-refractivity contribution in [3.05, 3.63) is 72.3 Å². The molecule has 138 valence electrons. The van der Waals surface area contributed by atoms with Gasteiger partial charge in [-0.05, 0) is 38.1 Å². The maximum atomic E-state index is 13.6. The molecule has 2 N–H and O–H groups in total. The van der Waals surface area contributed by atoms with Crippen molar-refractivity contribution in [3.63, 3.8) is 0 Å². The predicted octanol–water partition coefficient (Wildman–Crippen LogP) is 4.40. The first-order valence-corrected chi connectivity index (χ1v) is 8.43. The Morgan fingerprint density at radius 1 is 1.00 bits per heavy atom. The Morgan fingerprint density at radius 3 is 2.30 bits per heavy atom. The van der Waals surface area contributed by atoms with E-state index in [1.165, 1.54) is 24.5 Å². The first-order valence-electron chi connectivity index (χ1n) is 8.43. The van der Waals surface area contributed by atoms with Crippen LogP contribution >= 0.6 is 0 Å². The molecule has 0 aliphatic heterocycles. The number of anilines is 3. The van der Waals surface area contributed by atoms with Crippen molar-refractivity contribution in [2.75, 3.05) is 10.6 Å². The molecule has 3 rings (SSSR count). The average molecular weight is 366 g/mol. The van der Waals surface area contributed by atoms with Gasteiger partial charge in [-0.2, -0.15) is 0 Å². The van der Waals surface area contributed by atoms with Gasteiger partial charge in [-0.15, -0.1) is 0 Å². The number of carbonyl (C=O) groups is 1. The van der Waals surface area contributed by atoms with Crippen LogP contribution in [0.25, 0.3) is 0 Å². The molecule has 0 bridgehead atoms. The third-order valence-electron chi connectivity index (χ3n) is 3.53. The summed E-state index contributed by atoms with van der Waals surface area (Å²) in [5, 5.41) is 5.56. The van der Waals surface area contributed by atoms with Gasteiger partial charge in [-0.3, -0.25) is 4.79 Å². The molecule has 0 radical (unpaired) electrons. The van der Waals surface area contributed by atoms with Crippen LogP contribution in [0.4, 0.5) is 21.7 Å². The molecule has 6 nitrogen and oxygen atoms in total. The first-order chi connectivity index (χ1) is 13.0. The number of amides is 1. The Labute approximate surface area is 156 Å². The number of para-hydroxylation sites is 3. The summed E-state index contributed by atoms with van der Waals surface area (Å²) >= 11 is 0. The Hall–Kier alpha value is -3.48. The summed E-state index contributed by atoms with van der Waals surface area (Å²) in [4.78, 5) is 20.5. The summed E-state index contributed by atoms with van der Waals surface area (Å²) in [5.41, 5.74) is 1.04. The molecule has 0 spiro atoms. The summed E-state index contributed by atoms with van der Waals surface area (Å²) in [7, 11) is 0. The van der Waals surface area contributed by atoms with Crippen molar-refractivity contribution < 1.29 is 13.9 Å². The molecule has 0 fully saturated rings. The second-order valence-electron chi connectivity index (χ2n) is 6.02. The molecular weight excluding hydrogens is 347 g/mol. The molecule has 0 aliphatic carbocycles. The van der Waals surface area contributed by atoms with E-state index in [-0.39, 0.29) is 17.4 Å². The molecule has 0 atom stereocenters. The lowest BCUT2D eigenvalue weighted by Crippen LogP contribution is -2.14. The lowest BCUT2D eigenvalue weighted by molar-refractivity contribution is 0.102. The number of carbonyl (C=O) groups excluding carboxylic acids is 1. The van der Waals surface area contributed by atoms with Crippen molar-refractivity contribution in [2.45, 2.75) is 20.0 Å². The Kier molecular flexibility index (Phi) is 5.61. The molecule has 7 heteroatoms.